The van der Waals surface area contributed by atoms with Crippen LogP contribution in [0.4, 0.5) is 0 Å². The minimum Gasteiger partial charge on any atom is -0.544 e. The molecule has 0 heterocycles. The van der Waals surface area contributed by atoms with Gasteiger partial charge in [0.2, 0.25) is 11.8 Å². The first-order chi connectivity index (χ1) is 25.7. The van der Waals surface area contributed by atoms with Crippen LogP contribution in [0.25, 0.3) is 0 Å². The number of amides is 2. The molecule has 0 fully saturated rings. The molecule has 0 atom stereocenters. The highest BCUT2D eigenvalue weighted by Gasteiger charge is 2.31. The highest BCUT2D eigenvalue weighted by Crippen LogP contribution is 2.15. The lowest BCUT2D eigenvalue weighted by Crippen LogP contribution is -2.61. The molecule has 312 valence electrons. The zero-order chi connectivity index (χ0) is 39.1. The van der Waals surface area contributed by atoms with Crippen molar-refractivity contribution in [1.29, 1.82) is 0 Å². The first-order valence-corrected chi connectivity index (χ1v) is 22.5. The molecule has 9 heteroatoms. The third-order valence-corrected chi connectivity index (χ3v) is 10.8. The molecule has 3 N–H and O–H groups in total. The number of hydrogen-bond acceptors (Lipinski definition) is 5. The normalized spacial score (nSPS) is 11.5. The molecule has 53 heavy (non-hydrogen) atoms. The van der Waals surface area contributed by atoms with Crippen LogP contribution in [-0.2, 0) is 19.2 Å². The van der Waals surface area contributed by atoms with Crippen LogP contribution >= 0.6 is 0 Å². The first kappa shape index (κ1) is 50.8. The van der Waals surface area contributed by atoms with E-state index in [1.165, 1.54) is 154 Å². The SMILES string of the molecule is CCCCCCCCCCCCCCCCCC(=O)NCC[N+](CCNC(=O)CCCCCCCCCCCCCCCCC)(CC(=O)[O-])CC(=O)O. The number of quaternary nitrogens is 1. The Labute approximate surface area is 326 Å². The summed E-state index contributed by atoms with van der Waals surface area (Å²) >= 11 is 0. The Morgan fingerprint density at radius 1 is 0.434 bits per heavy atom. The van der Waals surface area contributed by atoms with Gasteiger partial charge in [-0.15, -0.1) is 0 Å². The fourth-order valence-corrected chi connectivity index (χ4v) is 7.40. The van der Waals surface area contributed by atoms with Gasteiger partial charge in [-0.3, -0.25) is 9.59 Å². The quantitative estimate of drug-likeness (QED) is 0.0420. The molecule has 0 aromatic rings. The Balaban J connectivity index is 4.11. The van der Waals surface area contributed by atoms with Crippen LogP contribution in [0.1, 0.15) is 219 Å². The number of nitrogens with zero attached hydrogens (tertiary/aromatic N) is 1. The smallest absolute Gasteiger partial charge is 0.359 e. The Morgan fingerprint density at radius 3 is 0.943 bits per heavy atom. The molecule has 0 aliphatic carbocycles. The maximum Gasteiger partial charge on any atom is 0.359 e. The third kappa shape index (κ3) is 36.6. The van der Waals surface area contributed by atoms with Crippen molar-refractivity contribution in [2.45, 2.75) is 219 Å². The van der Waals surface area contributed by atoms with Crippen molar-refractivity contribution < 1.29 is 33.9 Å². The van der Waals surface area contributed by atoms with E-state index in [1.54, 1.807) is 0 Å². The van der Waals surface area contributed by atoms with Crippen LogP contribution in [-0.4, -0.2) is 72.6 Å². The second kappa shape index (κ2) is 38.1. The molecule has 0 aromatic carbocycles. The minimum atomic E-state index is -1.35. The average Bonchev–Trinajstić information content (AvgIpc) is 3.11. The predicted molar refractivity (Wildman–Crippen MR) is 217 cm³/mol. The number of nitrogens with one attached hydrogen (secondary N) is 2. The summed E-state index contributed by atoms with van der Waals surface area (Å²) in [5.74, 6) is -2.67. The number of unbranched alkanes of at least 4 members (excludes halogenated alkanes) is 28. The average molecular weight is 752 g/mol. The van der Waals surface area contributed by atoms with Gasteiger partial charge in [0.25, 0.3) is 0 Å². The van der Waals surface area contributed by atoms with Crippen LogP contribution in [0.15, 0.2) is 0 Å². The van der Waals surface area contributed by atoms with Gasteiger partial charge in [-0.1, -0.05) is 194 Å². The zero-order valence-electron chi connectivity index (χ0n) is 34.8. The standard InChI is InChI=1S/C44H85N3O6/c1-3-5-7-9-11-13-15-17-19-21-23-25-27-29-31-33-41(48)45-35-37-47(39-43(50)51,40-44(52)53)38-36-46-42(49)34-32-30-28-26-24-22-20-18-16-14-12-10-8-6-4-2/h3-40H2,1-2H3,(H3-,45,46,48,49,50,51,52,53). The molecule has 0 bridgehead atoms. The monoisotopic (exact) mass is 752 g/mol. The molecular formula is C44H85N3O6. The summed E-state index contributed by atoms with van der Waals surface area (Å²) < 4.78 is -0.295. The first-order valence-electron chi connectivity index (χ1n) is 22.5. The third-order valence-electron chi connectivity index (χ3n) is 10.8. The van der Waals surface area contributed by atoms with Gasteiger partial charge >= 0.3 is 5.97 Å². The maximum atomic E-state index is 12.5. The molecule has 9 nitrogen and oxygen atoms in total. The number of hydrogen-bond donors (Lipinski definition) is 3. The number of carboxylic acids is 2. The predicted octanol–water partition coefficient (Wildman–Crippen LogP) is 9.39. The Hall–Kier alpha value is -2.16. The summed E-state index contributed by atoms with van der Waals surface area (Å²) in [7, 11) is 0. The summed E-state index contributed by atoms with van der Waals surface area (Å²) in [6.07, 6.45) is 38.7. The summed E-state index contributed by atoms with van der Waals surface area (Å²) in [6, 6.07) is 0. The van der Waals surface area contributed by atoms with E-state index in [4.69, 9.17) is 0 Å². The summed E-state index contributed by atoms with van der Waals surface area (Å²) in [6.45, 7) is 4.23. The molecule has 0 radical (unpaired) electrons. The summed E-state index contributed by atoms with van der Waals surface area (Å²) in [5, 5.41) is 26.9. The lowest BCUT2D eigenvalue weighted by molar-refractivity contribution is -0.913. The van der Waals surface area contributed by atoms with Gasteiger partial charge in [-0.25, -0.2) is 4.79 Å². The Kier molecular flexibility index (Phi) is 36.6. The van der Waals surface area contributed by atoms with Crippen LogP contribution in [0, 0.1) is 0 Å². The Morgan fingerprint density at radius 2 is 0.698 bits per heavy atom. The summed E-state index contributed by atoms with van der Waals surface area (Å²) in [5.41, 5.74) is 0. The number of aliphatic carboxylic acids is 2. The molecule has 0 saturated carbocycles. The Bertz CT molecular complexity index is 813. The van der Waals surface area contributed by atoms with Gasteiger partial charge in [0, 0.05) is 12.8 Å². The molecule has 2 amide bonds. The van der Waals surface area contributed by atoms with Crippen molar-refractivity contribution in [3.63, 3.8) is 0 Å². The van der Waals surface area contributed by atoms with E-state index in [-0.39, 0.29) is 42.5 Å². The lowest BCUT2D eigenvalue weighted by Gasteiger charge is -2.37. The highest BCUT2D eigenvalue weighted by atomic mass is 16.4. The van der Waals surface area contributed by atoms with E-state index < -0.39 is 25.0 Å². The molecule has 0 saturated heterocycles. The molecule has 0 aromatic heterocycles. The number of rotatable bonds is 42. The zero-order valence-corrected chi connectivity index (χ0v) is 34.8. The largest absolute Gasteiger partial charge is 0.544 e. The summed E-state index contributed by atoms with van der Waals surface area (Å²) in [4.78, 5) is 48.3. The molecule has 0 aliphatic rings. The van der Waals surface area contributed by atoms with Crippen molar-refractivity contribution in [1.82, 2.24) is 10.6 Å². The van der Waals surface area contributed by atoms with Crippen molar-refractivity contribution >= 4 is 23.8 Å². The van der Waals surface area contributed by atoms with Gasteiger partial charge < -0.3 is 30.1 Å². The molecule has 0 spiro atoms. The van der Waals surface area contributed by atoms with E-state index in [0.717, 1.165) is 38.5 Å². The van der Waals surface area contributed by atoms with Crippen LogP contribution in [0.5, 0.6) is 0 Å². The van der Waals surface area contributed by atoms with Gasteiger partial charge in [0.1, 0.15) is 6.54 Å². The van der Waals surface area contributed by atoms with Gasteiger partial charge in [0.15, 0.2) is 6.54 Å². The van der Waals surface area contributed by atoms with Gasteiger partial charge in [0.05, 0.1) is 32.1 Å². The second-order valence-corrected chi connectivity index (χ2v) is 16.0. The highest BCUT2D eigenvalue weighted by molar-refractivity contribution is 5.76. The van der Waals surface area contributed by atoms with Crippen LogP contribution in [0.2, 0.25) is 0 Å². The van der Waals surface area contributed by atoms with Crippen molar-refractivity contribution in [3.05, 3.63) is 0 Å². The maximum absolute atomic E-state index is 12.5. The van der Waals surface area contributed by atoms with E-state index >= 15 is 0 Å². The van der Waals surface area contributed by atoms with Crippen molar-refractivity contribution in [2.75, 3.05) is 39.3 Å². The van der Waals surface area contributed by atoms with Crippen molar-refractivity contribution in [2.24, 2.45) is 0 Å². The van der Waals surface area contributed by atoms with Gasteiger partial charge in [-0.05, 0) is 12.8 Å². The fourth-order valence-electron chi connectivity index (χ4n) is 7.40. The molecule has 0 rings (SSSR count). The van der Waals surface area contributed by atoms with Crippen LogP contribution < -0.4 is 15.7 Å². The molecule has 0 unspecified atom stereocenters. The fraction of sp³-hybridized carbons (Fsp3) is 0.909. The van der Waals surface area contributed by atoms with E-state index in [2.05, 4.69) is 24.5 Å². The minimum absolute atomic E-state index is 0.0987. The molecular weight excluding hydrogens is 666 g/mol. The second-order valence-electron chi connectivity index (χ2n) is 16.0. The van der Waals surface area contributed by atoms with E-state index in [0.29, 0.717) is 12.8 Å². The van der Waals surface area contributed by atoms with Crippen LogP contribution in [0.3, 0.4) is 0 Å². The van der Waals surface area contributed by atoms with Crippen molar-refractivity contribution in [3.8, 4) is 0 Å². The number of carbonyl (C=O) groups is 4. The number of carboxylic acid groups (broad SMARTS) is 2. The topological polar surface area (TPSA) is 136 Å². The lowest BCUT2D eigenvalue weighted by atomic mass is 10.0. The number of carbonyl (C=O) groups excluding carboxylic acids is 3. The van der Waals surface area contributed by atoms with E-state index in [1.807, 2.05) is 0 Å². The van der Waals surface area contributed by atoms with Gasteiger partial charge in [-0.2, -0.15) is 0 Å². The molecule has 0 aliphatic heterocycles. The van der Waals surface area contributed by atoms with E-state index in [9.17, 15) is 29.4 Å².